The molecule has 0 aliphatic carbocycles. The summed E-state index contributed by atoms with van der Waals surface area (Å²) in [4.78, 5) is 23.1. The molecular weight excluding hydrogens is 280 g/mol. The van der Waals surface area contributed by atoms with Crippen LogP contribution in [-0.4, -0.2) is 25.5 Å². The molecule has 0 fully saturated rings. The molecule has 1 aromatic carbocycles. The number of methoxy groups -OCH3 is 1. The molecule has 0 atom stereocenters. The Morgan fingerprint density at radius 2 is 2.05 bits per heavy atom. The first-order chi connectivity index (χ1) is 9.56. The van der Waals surface area contributed by atoms with E-state index in [2.05, 4.69) is 10.6 Å². The first kappa shape index (κ1) is 16.3. The van der Waals surface area contributed by atoms with Crippen molar-refractivity contribution in [1.29, 1.82) is 0 Å². The number of anilines is 1. The number of ether oxygens (including phenoxy) is 1. The van der Waals surface area contributed by atoms with E-state index in [0.29, 0.717) is 22.9 Å². The third-order valence-electron chi connectivity index (χ3n) is 2.64. The number of unbranched alkanes of at least 4 members (excludes halogenated alkanes) is 1. The minimum absolute atomic E-state index is 0.0712. The Bertz CT molecular complexity index is 477. The number of carbonyl (C=O) groups is 2. The SMILES string of the molecule is CCCCC(=O)NCC(=O)Nc1cc(Cl)ccc1OC. The molecule has 5 nitrogen and oxygen atoms in total. The molecule has 1 rings (SSSR count). The molecule has 0 unspecified atom stereocenters. The summed E-state index contributed by atoms with van der Waals surface area (Å²) in [5.74, 6) is 0.0653. The Hall–Kier alpha value is -1.75. The van der Waals surface area contributed by atoms with Crippen LogP contribution in [0.2, 0.25) is 5.02 Å². The first-order valence-electron chi connectivity index (χ1n) is 6.47. The lowest BCUT2D eigenvalue weighted by molar-refractivity contribution is -0.124. The molecule has 0 radical (unpaired) electrons. The monoisotopic (exact) mass is 298 g/mol. The van der Waals surface area contributed by atoms with Crippen molar-refractivity contribution in [2.45, 2.75) is 26.2 Å². The fourth-order valence-electron chi connectivity index (χ4n) is 1.58. The van der Waals surface area contributed by atoms with Gasteiger partial charge in [-0.05, 0) is 24.6 Å². The Morgan fingerprint density at radius 3 is 2.70 bits per heavy atom. The summed E-state index contributed by atoms with van der Waals surface area (Å²) >= 11 is 5.87. The highest BCUT2D eigenvalue weighted by Gasteiger charge is 2.09. The molecule has 0 saturated heterocycles. The van der Waals surface area contributed by atoms with E-state index < -0.39 is 0 Å². The minimum Gasteiger partial charge on any atom is -0.495 e. The standard InChI is InChI=1S/C14H19ClN2O3/c1-3-4-5-13(18)16-9-14(19)17-11-8-10(15)6-7-12(11)20-2/h6-8H,3-5,9H2,1-2H3,(H,16,18)(H,17,19). The fraction of sp³-hybridized carbons (Fsp3) is 0.429. The quantitative estimate of drug-likeness (QED) is 0.813. The van der Waals surface area contributed by atoms with Gasteiger partial charge >= 0.3 is 0 Å². The maximum Gasteiger partial charge on any atom is 0.243 e. The normalized spacial score (nSPS) is 9.95. The molecule has 0 aromatic heterocycles. The summed E-state index contributed by atoms with van der Waals surface area (Å²) in [6, 6.07) is 4.93. The highest BCUT2D eigenvalue weighted by molar-refractivity contribution is 6.31. The summed E-state index contributed by atoms with van der Waals surface area (Å²) in [6.07, 6.45) is 2.19. The molecule has 6 heteroatoms. The van der Waals surface area contributed by atoms with Gasteiger partial charge in [0.15, 0.2) is 0 Å². The molecule has 0 saturated carbocycles. The van der Waals surface area contributed by atoms with Crippen molar-refractivity contribution in [2.24, 2.45) is 0 Å². The van der Waals surface area contributed by atoms with Gasteiger partial charge < -0.3 is 15.4 Å². The Kier molecular flexibility index (Phi) is 6.87. The fourth-order valence-corrected chi connectivity index (χ4v) is 1.75. The van der Waals surface area contributed by atoms with E-state index in [0.717, 1.165) is 12.8 Å². The van der Waals surface area contributed by atoms with E-state index in [1.165, 1.54) is 7.11 Å². The summed E-state index contributed by atoms with van der Waals surface area (Å²) in [5, 5.41) is 5.71. The Morgan fingerprint density at radius 1 is 1.30 bits per heavy atom. The van der Waals surface area contributed by atoms with Gasteiger partial charge in [0.2, 0.25) is 11.8 Å². The summed E-state index contributed by atoms with van der Waals surface area (Å²) in [6.45, 7) is 1.93. The van der Waals surface area contributed by atoms with Gasteiger partial charge in [-0.25, -0.2) is 0 Å². The van der Waals surface area contributed by atoms with E-state index in [-0.39, 0.29) is 18.4 Å². The molecule has 1 aromatic rings. The van der Waals surface area contributed by atoms with Crippen molar-refractivity contribution >= 4 is 29.1 Å². The van der Waals surface area contributed by atoms with Gasteiger partial charge in [-0.3, -0.25) is 9.59 Å². The second-order valence-electron chi connectivity index (χ2n) is 4.27. The van der Waals surface area contributed by atoms with Crippen LogP contribution in [0, 0.1) is 0 Å². The van der Waals surface area contributed by atoms with Crippen LogP contribution in [0.3, 0.4) is 0 Å². The minimum atomic E-state index is -0.324. The Labute approximate surface area is 123 Å². The first-order valence-corrected chi connectivity index (χ1v) is 6.84. The van der Waals surface area contributed by atoms with Crippen molar-refractivity contribution in [2.75, 3.05) is 19.0 Å². The van der Waals surface area contributed by atoms with Gasteiger partial charge in [-0.15, -0.1) is 0 Å². The molecule has 0 aliphatic rings. The third-order valence-corrected chi connectivity index (χ3v) is 2.87. The van der Waals surface area contributed by atoms with E-state index in [1.54, 1.807) is 18.2 Å². The lowest BCUT2D eigenvalue weighted by Gasteiger charge is -2.11. The lowest BCUT2D eigenvalue weighted by Crippen LogP contribution is -2.32. The molecule has 0 spiro atoms. The molecule has 0 heterocycles. The smallest absolute Gasteiger partial charge is 0.243 e. The highest BCUT2D eigenvalue weighted by atomic mass is 35.5. The van der Waals surface area contributed by atoms with Crippen LogP contribution < -0.4 is 15.4 Å². The van der Waals surface area contributed by atoms with E-state index in [4.69, 9.17) is 16.3 Å². The van der Waals surface area contributed by atoms with Crippen molar-refractivity contribution in [3.05, 3.63) is 23.2 Å². The van der Waals surface area contributed by atoms with Crippen molar-refractivity contribution < 1.29 is 14.3 Å². The number of rotatable bonds is 7. The van der Waals surface area contributed by atoms with E-state index in [9.17, 15) is 9.59 Å². The van der Waals surface area contributed by atoms with Crippen LogP contribution in [0.25, 0.3) is 0 Å². The van der Waals surface area contributed by atoms with Crippen molar-refractivity contribution in [3.8, 4) is 5.75 Å². The van der Waals surface area contributed by atoms with Crippen molar-refractivity contribution in [3.63, 3.8) is 0 Å². The average Bonchev–Trinajstić information content (AvgIpc) is 2.43. The number of hydrogen-bond acceptors (Lipinski definition) is 3. The Balaban J connectivity index is 2.50. The lowest BCUT2D eigenvalue weighted by atomic mass is 10.2. The number of hydrogen-bond donors (Lipinski definition) is 2. The largest absolute Gasteiger partial charge is 0.495 e. The van der Waals surface area contributed by atoms with Crippen LogP contribution in [0.5, 0.6) is 5.75 Å². The summed E-state index contributed by atoms with van der Waals surface area (Å²) < 4.78 is 5.12. The van der Waals surface area contributed by atoms with E-state index in [1.807, 2.05) is 6.92 Å². The van der Waals surface area contributed by atoms with Crippen LogP contribution in [0.1, 0.15) is 26.2 Å². The number of nitrogens with one attached hydrogen (secondary N) is 2. The zero-order valence-electron chi connectivity index (χ0n) is 11.7. The van der Waals surface area contributed by atoms with Crippen LogP contribution in [0.4, 0.5) is 5.69 Å². The molecule has 110 valence electrons. The van der Waals surface area contributed by atoms with Gasteiger partial charge in [0.05, 0.1) is 19.3 Å². The highest BCUT2D eigenvalue weighted by Crippen LogP contribution is 2.27. The zero-order chi connectivity index (χ0) is 15.0. The maximum absolute atomic E-state index is 11.7. The summed E-state index contributed by atoms with van der Waals surface area (Å²) in [5.41, 5.74) is 0.479. The van der Waals surface area contributed by atoms with Crippen LogP contribution in [0.15, 0.2) is 18.2 Å². The van der Waals surface area contributed by atoms with Crippen LogP contribution >= 0.6 is 11.6 Å². The maximum atomic E-state index is 11.7. The van der Waals surface area contributed by atoms with E-state index >= 15 is 0 Å². The molecule has 20 heavy (non-hydrogen) atoms. The van der Waals surface area contributed by atoms with Crippen molar-refractivity contribution in [1.82, 2.24) is 5.32 Å². The second-order valence-corrected chi connectivity index (χ2v) is 4.71. The number of benzene rings is 1. The van der Waals surface area contributed by atoms with Crippen LogP contribution in [-0.2, 0) is 9.59 Å². The van der Waals surface area contributed by atoms with Gasteiger partial charge in [0, 0.05) is 11.4 Å². The molecule has 2 amide bonds. The molecule has 0 bridgehead atoms. The predicted octanol–water partition coefficient (Wildman–Crippen LogP) is 2.59. The topological polar surface area (TPSA) is 67.4 Å². The average molecular weight is 299 g/mol. The number of carbonyl (C=O) groups excluding carboxylic acids is 2. The predicted molar refractivity (Wildman–Crippen MR) is 79.2 cm³/mol. The number of halogens is 1. The molecule has 2 N–H and O–H groups in total. The third kappa shape index (κ3) is 5.48. The molecule has 0 aliphatic heterocycles. The zero-order valence-corrected chi connectivity index (χ0v) is 12.4. The molecular formula is C14H19ClN2O3. The summed E-state index contributed by atoms with van der Waals surface area (Å²) in [7, 11) is 1.51. The second kappa shape index (κ2) is 8.43. The van der Waals surface area contributed by atoms with Gasteiger partial charge in [0.25, 0.3) is 0 Å². The van der Waals surface area contributed by atoms with Gasteiger partial charge in [0.1, 0.15) is 5.75 Å². The van der Waals surface area contributed by atoms with Gasteiger partial charge in [-0.2, -0.15) is 0 Å². The number of amides is 2. The van der Waals surface area contributed by atoms with Gasteiger partial charge in [-0.1, -0.05) is 24.9 Å².